The van der Waals surface area contributed by atoms with Crippen molar-refractivity contribution in [3.8, 4) is 0 Å². The van der Waals surface area contributed by atoms with E-state index in [1.165, 1.54) is 18.7 Å². The second kappa shape index (κ2) is 16.1. The Bertz CT molecular complexity index is 34.2. The van der Waals surface area contributed by atoms with Gasteiger partial charge in [-0.3, -0.25) is 0 Å². The monoisotopic (exact) mass is 163 g/mol. The molecule has 0 atom stereocenters. The zero-order valence-electron chi connectivity index (χ0n) is 7.74. The van der Waals surface area contributed by atoms with Gasteiger partial charge >= 0.3 is 0 Å². The molecule has 0 heterocycles. The maximum absolute atomic E-state index is 3.27. The van der Waals surface area contributed by atoms with Crippen LogP contribution in [-0.2, 0) is 0 Å². The second-order valence-corrected chi connectivity index (χ2v) is 2.69. The van der Waals surface area contributed by atoms with E-state index < -0.39 is 0 Å². The first-order chi connectivity index (χ1) is 4.91. The van der Waals surface area contributed by atoms with Crippen molar-refractivity contribution in [3.05, 3.63) is 0 Å². The zero-order chi connectivity index (χ0) is 8.24. The molecule has 0 aliphatic rings. The summed E-state index contributed by atoms with van der Waals surface area (Å²) < 4.78 is 0. The fourth-order valence-electron chi connectivity index (χ4n) is 0.518. The van der Waals surface area contributed by atoms with E-state index in [9.17, 15) is 0 Å². The SMILES string of the molecule is CC.CCNCCCSC. The summed E-state index contributed by atoms with van der Waals surface area (Å²) >= 11 is 1.91. The second-order valence-electron chi connectivity index (χ2n) is 1.70. The van der Waals surface area contributed by atoms with Crippen LogP contribution in [0, 0.1) is 0 Å². The predicted molar refractivity (Wildman–Crippen MR) is 52.9 cm³/mol. The van der Waals surface area contributed by atoms with E-state index in [4.69, 9.17) is 0 Å². The van der Waals surface area contributed by atoms with Crippen LogP contribution in [-0.4, -0.2) is 25.1 Å². The summed E-state index contributed by atoms with van der Waals surface area (Å²) in [4.78, 5) is 0. The summed E-state index contributed by atoms with van der Waals surface area (Å²) in [7, 11) is 0. The molecule has 0 aromatic rings. The molecule has 64 valence electrons. The quantitative estimate of drug-likeness (QED) is 0.625. The summed E-state index contributed by atoms with van der Waals surface area (Å²) in [5.74, 6) is 1.28. The molecule has 0 rings (SSSR count). The molecular formula is C8H21NS. The number of hydrogen-bond donors (Lipinski definition) is 1. The van der Waals surface area contributed by atoms with E-state index in [1.807, 2.05) is 25.6 Å². The van der Waals surface area contributed by atoms with Gasteiger partial charge in [-0.25, -0.2) is 0 Å². The lowest BCUT2D eigenvalue weighted by atomic mass is 10.5. The standard InChI is InChI=1S/C6H15NS.C2H6/c1-3-7-5-4-6-8-2;1-2/h7H,3-6H2,1-2H3;1-2H3. The molecule has 1 nitrogen and oxygen atoms in total. The molecule has 1 N–H and O–H groups in total. The topological polar surface area (TPSA) is 12.0 Å². The van der Waals surface area contributed by atoms with Crippen molar-refractivity contribution < 1.29 is 0 Å². The van der Waals surface area contributed by atoms with Gasteiger partial charge < -0.3 is 5.32 Å². The summed E-state index contributed by atoms with van der Waals surface area (Å²) in [6, 6.07) is 0. The van der Waals surface area contributed by atoms with Gasteiger partial charge in [0.15, 0.2) is 0 Å². The highest BCUT2D eigenvalue weighted by molar-refractivity contribution is 7.98. The van der Waals surface area contributed by atoms with Gasteiger partial charge in [0.05, 0.1) is 0 Å². The molecule has 10 heavy (non-hydrogen) atoms. The molecule has 2 heteroatoms. The fourth-order valence-corrected chi connectivity index (χ4v) is 0.951. The molecule has 0 radical (unpaired) electrons. The van der Waals surface area contributed by atoms with E-state index in [-0.39, 0.29) is 0 Å². The first-order valence-corrected chi connectivity index (χ1v) is 5.50. The molecule has 0 aliphatic carbocycles. The molecule has 0 amide bonds. The van der Waals surface area contributed by atoms with Gasteiger partial charge in [0.1, 0.15) is 0 Å². The first kappa shape index (κ1) is 12.9. The Morgan fingerprint density at radius 2 is 1.90 bits per heavy atom. The normalized spacial score (nSPS) is 8.40. The van der Waals surface area contributed by atoms with Gasteiger partial charge in [0, 0.05) is 0 Å². The van der Waals surface area contributed by atoms with E-state index >= 15 is 0 Å². The third-order valence-electron chi connectivity index (χ3n) is 0.952. The van der Waals surface area contributed by atoms with Gasteiger partial charge in [-0.05, 0) is 31.5 Å². The third kappa shape index (κ3) is 15.7. The summed E-state index contributed by atoms with van der Waals surface area (Å²) in [6.45, 7) is 8.42. The van der Waals surface area contributed by atoms with Crippen LogP contribution in [0.5, 0.6) is 0 Å². The minimum absolute atomic E-state index is 1.11. The van der Waals surface area contributed by atoms with Crippen molar-refractivity contribution in [3.63, 3.8) is 0 Å². The molecule has 0 saturated heterocycles. The molecular weight excluding hydrogens is 142 g/mol. The van der Waals surface area contributed by atoms with Gasteiger partial charge in [0.2, 0.25) is 0 Å². The summed E-state index contributed by atoms with van der Waals surface area (Å²) in [6.07, 6.45) is 3.45. The van der Waals surface area contributed by atoms with Crippen molar-refractivity contribution in [2.75, 3.05) is 25.1 Å². The molecule has 0 spiro atoms. The Labute approximate surface area is 70.0 Å². The average molecular weight is 163 g/mol. The number of nitrogens with one attached hydrogen (secondary N) is 1. The average Bonchev–Trinajstić information content (AvgIpc) is 2.02. The fraction of sp³-hybridized carbons (Fsp3) is 1.00. The minimum atomic E-state index is 1.11. The Balaban J connectivity index is 0. The minimum Gasteiger partial charge on any atom is -0.317 e. The van der Waals surface area contributed by atoms with E-state index in [1.54, 1.807) is 0 Å². The van der Waals surface area contributed by atoms with Crippen LogP contribution >= 0.6 is 11.8 Å². The lowest BCUT2D eigenvalue weighted by Crippen LogP contribution is -2.14. The van der Waals surface area contributed by atoms with Crippen molar-refractivity contribution in [2.45, 2.75) is 27.2 Å². The molecule has 0 aromatic carbocycles. The lowest BCUT2D eigenvalue weighted by Gasteiger charge is -1.97. The van der Waals surface area contributed by atoms with Gasteiger partial charge in [0.25, 0.3) is 0 Å². The number of rotatable bonds is 5. The van der Waals surface area contributed by atoms with Crippen LogP contribution in [0.15, 0.2) is 0 Å². The summed E-state index contributed by atoms with van der Waals surface area (Å²) in [5.41, 5.74) is 0. The highest BCUT2D eigenvalue weighted by atomic mass is 32.2. The molecule has 0 unspecified atom stereocenters. The van der Waals surface area contributed by atoms with Crippen molar-refractivity contribution in [2.24, 2.45) is 0 Å². The van der Waals surface area contributed by atoms with Crippen LogP contribution in [0.2, 0.25) is 0 Å². The Morgan fingerprint density at radius 1 is 1.30 bits per heavy atom. The maximum Gasteiger partial charge on any atom is -0.00412 e. The first-order valence-electron chi connectivity index (χ1n) is 4.11. The van der Waals surface area contributed by atoms with Crippen LogP contribution < -0.4 is 5.32 Å². The highest BCUT2D eigenvalue weighted by Crippen LogP contribution is 1.92. The molecule has 0 bridgehead atoms. The number of hydrogen-bond acceptors (Lipinski definition) is 2. The predicted octanol–water partition coefficient (Wildman–Crippen LogP) is 2.38. The van der Waals surface area contributed by atoms with E-state index in [0.29, 0.717) is 0 Å². The van der Waals surface area contributed by atoms with Crippen LogP contribution in [0.3, 0.4) is 0 Å². The Kier molecular flexibility index (Phi) is 20.9. The maximum atomic E-state index is 3.27. The highest BCUT2D eigenvalue weighted by Gasteiger charge is 1.81. The lowest BCUT2D eigenvalue weighted by molar-refractivity contribution is 0.707. The molecule has 0 fully saturated rings. The smallest absolute Gasteiger partial charge is 0.00412 e. The van der Waals surface area contributed by atoms with Crippen LogP contribution in [0.1, 0.15) is 27.2 Å². The van der Waals surface area contributed by atoms with Gasteiger partial charge in [-0.1, -0.05) is 20.8 Å². The summed E-state index contributed by atoms with van der Waals surface area (Å²) in [5, 5.41) is 3.27. The third-order valence-corrected chi connectivity index (χ3v) is 1.65. The van der Waals surface area contributed by atoms with Crippen molar-refractivity contribution in [1.29, 1.82) is 0 Å². The largest absolute Gasteiger partial charge is 0.317 e. The Hall–Kier alpha value is 0.310. The molecule has 0 saturated carbocycles. The van der Waals surface area contributed by atoms with Gasteiger partial charge in [-0.2, -0.15) is 11.8 Å². The Morgan fingerprint density at radius 3 is 2.30 bits per heavy atom. The molecule has 0 aromatic heterocycles. The van der Waals surface area contributed by atoms with Crippen molar-refractivity contribution in [1.82, 2.24) is 5.32 Å². The van der Waals surface area contributed by atoms with E-state index in [0.717, 1.165) is 6.54 Å². The van der Waals surface area contributed by atoms with E-state index in [2.05, 4.69) is 18.5 Å². The van der Waals surface area contributed by atoms with Crippen molar-refractivity contribution >= 4 is 11.8 Å². The van der Waals surface area contributed by atoms with Crippen LogP contribution in [0.4, 0.5) is 0 Å². The van der Waals surface area contributed by atoms with Gasteiger partial charge in [-0.15, -0.1) is 0 Å². The number of thioether (sulfide) groups is 1. The zero-order valence-corrected chi connectivity index (χ0v) is 8.55. The molecule has 0 aliphatic heterocycles. The van der Waals surface area contributed by atoms with Crippen LogP contribution in [0.25, 0.3) is 0 Å².